The molecule has 0 saturated heterocycles. The van der Waals surface area contributed by atoms with Crippen molar-refractivity contribution in [1.29, 1.82) is 0 Å². The lowest BCUT2D eigenvalue weighted by Gasteiger charge is -2.11. The summed E-state index contributed by atoms with van der Waals surface area (Å²) < 4.78 is 0. The third-order valence-electron chi connectivity index (χ3n) is 2.89. The van der Waals surface area contributed by atoms with Crippen molar-refractivity contribution < 1.29 is 4.92 Å². The maximum absolute atomic E-state index is 10.4. The minimum Gasteiger partial charge on any atom is -0.264 e. The summed E-state index contributed by atoms with van der Waals surface area (Å²) in [4.78, 5) is 10.2. The van der Waals surface area contributed by atoms with Crippen molar-refractivity contribution in [3.8, 4) is 0 Å². The Balaban J connectivity index is 3.25. The average molecular weight is 193 g/mol. The van der Waals surface area contributed by atoms with E-state index >= 15 is 0 Å². The molecule has 0 aliphatic rings. The van der Waals surface area contributed by atoms with E-state index in [9.17, 15) is 10.1 Å². The second-order valence-corrected chi connectivity index (χ2v) is 3.72. The number of hydrogen-bond donors (Lipinski definition) is 0. The number of nitro groups is 1. The Morgan fingerprint density at radius 3 is 2.21 bits per heavy atom. The standard InChI is InChI=1S/C11H15NO2/c1-7-5-11(6-12(13)14)10(4)9(3)8(7)2/h5H,6H2,1-4H3. The predicted molar refractivity (Wildman–Crippen MR) is 56.1 cm³/mol. The van der Waals surface area contributed by atoms with Crippen LogP contribution in [0.1, 0.15) is 27.8 Å². The van der Waals surface area contributed by atoms with Crippen LogP contribution in [0.2, 0.25) is 0 Å². The van der Waals surface area contributed by atoms with E-state index in [1.54, 1.807) is 0 Å². The quantitative estimate of drug-likeness (QED) is 0.535. The van der Waals surface area contributed by atoms with E-state index < -0.39 is 0 Å². The highest BCUT2D eigenvalue weighted by atomic mass is 16.6. The normalized spacial score (nSPS) is 10.3. The average Bonchev–Trinajstić information content (AvgIpc) is 2.10. The van der Waals surface area contributed by atoms with Crippen LogP contribution in [0, 0.1) is 37.8 Å². The molecule has 0 atom stereocenters. The number of rotatable bonds is 2. The highest BCUT2D eigenvalue weighted by molar-refractivity contribution is 5.43. The topological polar surface area (TPSA) is 43.1 Å². The smallest absolute Gasteiger partial charge is 0.229 e. The Bertz CT molecular complexity index is 383. The molecule has 3 nitrogen and oxygen atoms in total. The van der Waals surface area contributed by atoms with Crippen LogP contribution in [0.15, 0.2) is 6.07 Å². The van der Waals surface area contributed by atoms with Gasteiger partial charge in [-0.3, -0.25) is 10.1 Å². The lowest BCUT2D eigenvalue weighted by atomic mass is 9.95. The maximum Gasteiger partial charge on any atom is 0.229 e. The highest BCUT2D eigenvalue weighted by Gasteiger charge is 2.10. The summed E-state index contributed by atoms with van der Waals surface area (Å²) in [7, 11) is 0. The van der Waals surface area contributed by atoms with Gasteiger partial charge in [-0.05, 0) is 56.0 Å². The summed E-state index contributed by atoms with van der Waals surface area (Å²) in [5, 5.41) is 10.4. The van der Waals surface area contributed by atoms with Crippen molar-refractivity contribution in [3.63, 3.8) is 0 Å². The molecule has 0 bridgehead atoms. The first kappa shape index (κ1) is 10.7. The molecule has 0 aliphatic carbocycles. The lowest BCUT2D eigenvalue weighted by molar-refractivity contribution is -0.496. The summed E-state index contributed by atoms with van der Waals surface area (Å²) in [6.45, 7) is 7.92. The summed E-state index contributed by atoms with van der Waals surface area (Å²) in [5.74, 6) is 0. The molecule has 3 heteroatoms. The fourth-order valence-corrected chi connectivity index (χ4v) is 1.60. The molecule has 14 heavy (non-hydrogen) atoms. The van der Waals surface area contributed by atoms with Crippen LogP contribution in [0.4, 0.5) is 0 Å². The zero-order valence-electron chi connectivity index (χ0n) is 9.05. The lowest BCUT2D eigenvalue weighted by Crippen LogP contribution is -2.04. The van der Waals surface area contributed by atoms with Crippen molar-refractivity contribution >= 4 is 0 Å². The van der Waals surface area contributed by atoms with Gasteiger partial charge in [0.15, 0.2) is 0 Å². The number of hydrogen-bond acceptors (Lipinski definition) is 2. The third-order valence-corrected chi connectivity index (χ3v) is 2.89. The molecule has 0 radical (unpaired) electrons. The van der Waals surface area contributed by atoms with Gasteiger partial charge in [0.25, 0.3) is 0 Å². The monoisotopic (exact) mass is 193 g/mol. The predicted octanol–water partition coefficient (Wildman–Crippen LogP) is 2.70. The Morgan fingerprint density at radius 1 is 1.14 bits per heavy atom. The van der Waals surface area contributed by atoms with Gasteiger partial charge >= 0.3 is 0 Å². The van der Waals surface area contributed by atoms with Crippen LogP contribution in [0.5, 0.6) is 0 Å². The first-order valence-corrected chi connectivity index (χ1v) is 4.61. The minimum atomic E-state index is -0.281. The SMILES string of the molecule is Cc1cc(C[N+](=O)[O-])c(C)c(C)c1C. The molecule has 0 spiro atoms. The van der Waals surface area contributed by atoms with Crippen molar-refractivity contribution in [2.45, 2.75) is 34.2 Å². The van der Waals surface area contributed by atoms with E-state index in [-0.39, 0.29) is 11.5 Å². The van der Waals surface area contributed by atoms with Crippen molar-refractivity contribution in [1.82, 2.24) is 0 Å². The molecule has 0 fully saturated rings. The molecule has 1 aromatic carbocycles. The van der Waals surface area contributed by atoms with Gasteiger partial charge < -0.3 is 0 Å². The van der Waals surface area contributed by atoms with Crippen LogP contribution in [-0.2, 0) is 6.54 Å². The van der Waals surface area contributed by atoms with Crippen molar-refractivity contribution in [2.75, 3.05) is 0 Å². The maximum atomic E-state index is 10.4. The Hall–Kier alpha value is -1.38. The van der Waals surface area contributed by atoms with Gasteiger partial charge in [0, 0.05) is 10.5 Å². The van der Waals surface area contributed by atoms with Crippen molar-refractivity contribution in [2.24, 2.45) is 0 Å². The van der Waals surface area contributed by atoms with E-state index in [1.165, 1.54) is 11.1 Å². The molecule has 0 N–H and O–H groups in total. The molecule has 0 unspecified atom stereocenters. The summed E-state index contributed by atoms with van der Waals surface area (Å²) >= 11 is 0. The molecule has 1 aromatic rings. The molecule has 0 aliphatic heterocycles. The van der Waals surface area contributed by atoms with Gasteiger partial charge in [0.05, 0.1) is 0 Å². The minimum absolute atomic E-state index is 0.0756. The van der Waals surface area contributed by atoms with E-state index in [0.29, 0.717) is 0 Å². The summed E-state index contributed by atoms with van der Waals surface area (Å²) in [6.07, 6.45) is 0. The second kappa shape index (κ2) is 3.78. The third kappa shape index (κ3) is 1.92. The molecule has 1 rings (SSSR count). The molecular weight excluding hydrogens is 178 g/mol. The molecule has 0 saturated carbocycles. The zero-order chi connectivity index (χ0) is 10.9. The second-order valence-electron chi connectivity index (χ2n) is 3.72. The fraction of sp³-hybridized carbons (Fsp3) is 0.455. The first-order chi connectivity index (χ1) is 6.43. The Labute approximate surface area is 83.9 Å². The van der Waals surface area contributed by atoms with Crippen LogP contribution >= 0.6 is 0 Å². The van der Waals surface area contributed by atoms with E-state index in [1.807, 2.05) is 33.8 Å². The van der Waals surface area contributed by atoms with Crippen LogP contribution < -0.4 is 0 Å². The number of nitrogens with zero attached hydrogens (tertiary/aromatic N) is 1. The van der Waals surface area contributed by atoms with Gasteiger partial charge in [-0.2, -0.15) is 0 Å². The molecule has 0 heterocycles. The summed E-state index contributed by atoms with van der Waals surface area (Å²) in [6, 6.07) is 1.92. The number of benzene rings is 1. The highest BCUT2D eigenvalue weighted by Crippen LogP contribution is 2.21. The summed E-state index contributed by atoms with van der Waals surface area (Å²) in [5.41, 5.74) is 5.40. The van der Waals surface area contributed by atoms with Gasteiger partial charge in [-0.25, -0.2) is 0 Å². The Morgan fingerprint density at radius 2 is 1.71 bits per heavy atom. The molecule has 0 aromatic heterocycles. The zero-order valence-corrected chi connectivity index (χ0v) is 9.05. The van der Waals surface area contributed by atoms with E-state index in [4.69, 9.17) is 0 Å². The van der Waals surface area contributed by atoms with Crippen LogP contribution in [0.3, 0.4) is 0 Å². The molecule has 76 valence electrons. The Kier molecular flexibility index (Phi) is 2.89. The molecule has 0 amide bonds. The van der Waals surface area contributed by atoms with Gasteiger partial charge in [0.1, 0.15) is 0 Å². The van der Waals surface area contributed by atoms with Crippen LogP contribution in [-0.4, -0.2) is 4.92 Å². The number of aryl methyl sites for hydroxylation is 1. The van der Waals surface area contributed by atoms with E-state index in [0.717, 1.165) is 16.7 Å². The van der Waals surface area contributed by atoms with E-state index in [2.05, 4.69) is 0 Å². The van der Waals surface area contributed by atoms with Gasteiger partial charge in [-0.15, -0.1) is 0 Å². The fourth-order valence-electron chi connectivity index (χ4n) is 1.60. The van der Waals surface area contributed by atoms with Gasteiger partial charge in [0.2, 0.25) is 6.54 Å². The first-order valence-electron chi connectivity index (χ1n) is 4.61. The largest absolute Gasteiger partial charge is 0.264 e. The van der Waals surface area contributed by atoms with Crippen LogP contribution in [0.25, 0.3) is 0 Å². The molecular formula is C11H15NO2. The van der Waals surface area contributed by atoms with Gasteiger partial charge in [-0.1, -0.05) is 0 Å². The van der Waals surface area contributed by atoms with Crippen molar-refractivity contribution in [3.05, 3.63) is 44.0 Å².